The van der Waals surface area contributed by atoms with E-state index in [-0.39, 0.29) is 40.9 Å². The minimum atomic E-state index is -0.626. The minimum absolute atomic E-state index is 0. The van der Waals surface area contributed by atoms with E-state index in [2.05, 4.69) is 25.5 Å². The lowest BCUT2D eigenvalue weighted by molar-refractivity contribution is 0.0240. The summed E-state index contributed by atoms with van der Waals surface area (Å²) in [7, 11) is 0. The fourth-order valence-electron chi connectivity index (χ4n) is 5.18. The van der Waals surface area contributed by atoms with Gasteiger partial charge in [-0.05, 0) is 82.9 Å². The number of anilines is 4. The molecule has 3 heterocycles. The third-order valence-corrected chi connectivity index (χ3v) is 7.78. The van der Waals surface area contributed by atoms with Gasteiger partial charge in [-0.1, -0.05) is 17.7 Å². The number of carbonyl (C=O) groups excluding carboxylic acids is 2. The van der Waals surface area contributed by atoms with Crippen LogP contribution in [-0.4, -0.2) is 71.4 Å². The largest absolute Gasteiger partial charge is 0.444 e. The molecule has 0 radical (unpaired) electrons. The van der Waals surface area contributed by atoms with Gasteiger partial charge in [0.1, 0.15) is 11.4 Å². The molecular formula is C32H39Cl2FN6O4. The highest BCUT2D eigenvalue weighted by atomic mass is 35.5. The number of rotatable bonds is 8. The fraction of sp³-hybridized carbons (Fsp3) is 0.438. The summed E-state index contributed by atoms with van der Waals surface area (Å²) in [6.07, 6.45) is 4.43. The first kappa shape index (κ1) is 34.2. The fourth-order valence-corrected chi connectivity index (χ4v) is 5.39. The number of aromatic nitrogens is 2. The number of piperazine rings is 1. The van der Waals surface area contributed by atoms with Crippen LogP contribution in [0, 0.1) is 5.82 Å². The summed E-state index contributed by atoms with van der Waals surface area (Å²) in [6, 6.07) is 12.1. The molecule has 2 aliphatic rings. The molecule has 13 heteroatoms. The summed E-state index contributed by atoms with van der Waals surface area (Å²) in [6.45, 7) is 8.89. The molecule has 2 aromatic carbocycles. The van der Waals surface area contributed by atoms with E-state index in [9.17, 15) is 14.0 Å². The Balaban J connectivity index is 0.00000461. The Morgan fingerprint density at radius 1 is 1.11 bits per heavy atom. The van der Waals surface area contributed by atoms with Gasteiger partial charge in [0.2, 0.25) is 5.95 Å². The highest BCUT2D eigenvalue weighted by molar-refractivity contribution is 6.34. The van der Waals surface area contributed by atoms with Gasteiger partial charge in [-0.15, -0.1) is 12.4 Å². The van der Waals surface area contributed by atoms with Gasteiger partial charge in [-0.25, -0.2) is 19.2 Å². The van der Waals surface area contributed by atoms with Crippen LogP contribution in [0.15, 0.2) is 48.7 Å². The van der Waals surface area contributed by atoms with Gasteiger partial charge >= 0.3 is 6.09 Å². The van der Waals surface area contributed by atoms with Crippen LogP contribution in [0.3, 0.4) is 0 Å². The van der Waals surface area contributed by atoms with E-state index in [1.807, 2.05) is 45.0 Å². The number of hydrogen-bond acceptors (Lipinski definition) is 8. The predicted octanol–water partition coefficient (Wildman–Crippen LogP) is 6.86. The Morgan fingerprint density at radius 3 is 2.49 bits per heavy atom. The predicted molar refractivity (Wildman–Crippen MR) is 176 cm³/mol. The average Bonchev–Trinajstić information content (AvgIpc) is 3.52. The molecule has 1 aromatic heterocycles. The Bertz CT molecular complexity index is 1450. The third-order valence-electron chi connectivity index (χ3n) is 7.46. The van der Waals surface area contributed by atoms with Crippen LogP contribution >= 0.6 is 24.0 Å². The van der Waals surface area contributed by atoms with Crippen molar-refractivity contribution in [2.24, 2.45) is 0 Å². The van der Waals surface area contributed by atoms with Crippen LogP contribution in [-0.2, 0) is 15.9 Å². The van der Waals surface area contributed by atoms with Gasteiger partial charge in [-0.2, -0.15) is 0 Å². The zero-order valence-electron chi connectivity index (χ0n) is 25.6. The topological polar surface area (TPSA) is 109 Å². The molecule has 0 spiro atoms. The number of carbonyl (C=O) groups is 2. The maximum atomic E-state index is 14.4. The number of aryl methyl sites for hydroxylation is 1. The van der Waals surface area contributed by atoms with Crippen molar-refractivity contribution in [2.45, 2.75) is 58.2 Å². The second-order valence-electron chi connectivity index (χ2n) is 11.9. The zero-order valence-corrected chi connectivity index (χ0v) is 27.2. The van der Waals surface area contributed by atoms with Crippen LogP contribution in [0.25, 0.3) is 0 Å². The van der Waals surface area contributed by atoms with Gasteiger partial charge in [-0.3, -0.25) is 4.79 Å². The highest BCUT2D eigenvalue weighted by Crippen LogP contribution is 2.27. The SMILES string of the molecule is CC(C)(C)OC(=O)N1CCN(c2ccc(Nc3ncc(C(=O)Nc4c(F)cccc4Cl)c(CCC4CCCO4)n3)cc2)CC1.Cl. The molecule has 0 aliphatic carbocycles. The molecule has 2 aliphatic heterocycles. The molecule has 2 N–H and O–H groups in total. The van der Waals surface area contributed by atoms with Gasteiger partial charge in [0.15, 0.2) is 0 Å². The smallest absolute Gasteiger partial charge is 0.410 e. The van der Waals surface area contributed by atoms with E-state index in [0.29, 0.717) is 50.7 Å². The molecule has 0 bridgehead atoms. The Labute approximate surface area is 274 Å². The van der Waals surface area contributed by atoms with Crippen molar-refractivity contribution in [1.29, 1.82) is 0 Å². The van der Waals surface area contributed by atoms with Crippen LogP contribution in [0.5, 0.6) is 0 Å². The van der Waals surface area contributed by atoms with Crippen molar-refractivity contribution in [3.05, 3.63) is 70.8 Å². The first-order valence-corrected chi connectivity index (χ1v) is 15.3. The van der Waals surface area contributed by atoms with Gasteiger partial charge in [0, 0.05) is 50.4 Å². The van der Waals surface area contributed by atoms with Crippen LogP contribution < -0.4 is 15.5 Å². The zero-order chi connectivity index (χ0) is 31.3. The molecule has 242 valence electrons. The van der Waals surface area contributed by atoms with Crippen molar-refractivity contribution in [2.75, 3.05) is 48.3 Å². The number of benzene rings is 2. The monoisotopic (exact) mass is 660 g/mol. The van der Waals surface area contributed by atoms with Crippen LogP contribution in [0.4, 0.5) is 32.2 Å². The minimum Gasteiger partial charge on any atom is -0.444 e. The number of hydrogen-bond donors (Lipinski definition) is 2. The lowest BCUT2D eigenvalue weighted by Gasteiger charge is -2.36. The Hall–Kier alpha value is -3.67. The summed E-state index contributed by atoms with van der Waals surface area (Å²) in [5, 5.41) is 5.91. The van der Waals surface area contributed by atoms with E-state index in [1.165, 1.54) is 24.4 Å². The molecule has 45 heavy (non-hydrogen) atoms. The van der Waals surface area contributed by atoms with E-state index in [0.717, 1.165) is 30.8 Å². The van der Waals surface area contributed by atoms with E-state index >= 15 is 0 Å². The number of amides is 2. The third kappa shape index (κ3) is 9.18. The molecule has 10 nitrogen and oxygen atoms in total. The molecule has 1 unspecified atom stereocenters. The van der Waals surface area contributed by atoms with Crippen molar-refractivity contribution < 1.29 is 23.5 Å². The van der Waals surface area contributed by atoms with Gasteiger partial charge in [0.05, 0.1) is 28.1 Å². The summed E-state index contributed by atoms with van der Waals surface area (Å²) in [5.74, 6) is -0.826. The number of nitrogens with one attached hydrogen (secondary N) is 2. The number of nitrogens with zero attached hydrogens (tertiary/aromatic N) is 4. The Kier molecular flexibility index (Phi) is 11.5. The molecule has 2 fully saturated rings. The highest BCUT2D eigenvalue weighted by Gasteiger charge is 2.26. The normalized spacial score (nSPS) is 16.6. The molecule has 1 atom stereocenters. The number of ether oxygens (including phenoxy) is 2. The first-order chi connectivity index (χ1) is 21.1. The van der Waals surface area contributed by atoms with Crippen molar-refractivity contribution >= 4 is 59.0 Å². The maximum absolute atomic E-state index is 14.4. The second-order valence-corrected chi connectivity index (χ2v) is 12.3. The number of para-hydroxylation sites is 1. The standard InChI is InChI=1S/C32H38ClFN6O4.ClH/c1-32(2,3)44-31(42)40-17-15-39(16-18-40)22-11-9-21(10-12-22)36-30-35-20-24(27(37-30)14-13-23-6-5-19-43-23)29(41)38-28-25(33)7-4-8-26(28)34;/h4,7-12,20,23H,5-6,13-19H2,1-3H3,(H,38,41)(H,35,36,37);1H. The van der Waals surface area contributed by atoms with E-state index in [4.69, 9.17) is 21.1 Å². The van der Waals surface area contributed by atoms with Gasteiger partial charge < -0.3 is 29.9 Å². The molecule has 2 amide bonds. The van der Waals surface area contributed by atoms with Crippen molar-refractivity contribution in [1.82, 2.24) is 14.9 Å². The second kappa shape index (κ2) is 15.1. The average molecular weight is 662 g/mol. The Morgan fingerprint density at radius 2 is 1.84 bits per heavy atom. The summed E-state index contributed by atoms with van der Waals surface area (Å²) in [5.41, 5.74) is 1.99. The quantitative estimate of drug-likeness (QED) is 0.270. The van der Waals surface area contributed by atoms with E-state index < -0.39 is 17.3 Å². The van der Waals surface area contributed by atoms with Crippen molar-refractivity contribution in [3.63, 3.8) is 0 Å². The maximum Gasteiger partial charge on any atom is 0.410 e. The summed E-state index contributed by atoms with van der Waals surface area (Å²) < 4.78 is 25.6. The molecule has 5 rings (SSSR count). The molecule has 0 saturated carbocycles. The van der Waals surface area contributed by atoms with Gasteiger partial charge in [0.25, 0.3) is 5.91 Å². The number of halogens is 3. The van der Waals surface area contributed by atoms with Crippen LogP contribution in [0.1, 0.15) is 56.1 Å². The molecular weight excluding hydrogens is 622 g/mol. The van der Waals surface area contributed by atoms with Crippen molar-refractivity contribution in [3.8, 4) is 0 Å². The van der Waals surface area contributed by atoms with E-state index in [1.54, 1.807) is 4.90 Å². The van der Waals surface area contributed by atoms with Crippen LogP contribution in [0.2, 0.25) is 5.02 Å². The first-order valence-electron chi connectivity index (χ1n) is 14.9. The lowest BCUT2D eigenvalue weighted by Crippen LogP contribution is -2.50. The molecule has 2 saturated heterocycles. The summed E-state index contributed by atoms with van der Waals surface area (Å²) >= 11 is 6.13. The summed E-state index contributed by atoms with van der Waals surface area (Å²) in [4.78, 5) is 38.6. The lowest BCUT2D eigenvalue weighted by atomic mass is 10.1. The molecule has 3 aromatic rings.